The molecule has 0 unspecified atom stereocenters. The van der Waals surface area contributed by atoms with Gasteiger partial charge in [0.15, 0.2) is 0 Å². The third-order valence-corrected chi connectivity index (χ3v) is 5.93. The Morgan fingerprint density at radius 1 is 1.22 bits per heavy atom. The molecule has 3 nitrogen and oxygen atoms in total. The van der Waals surface area contributed by atoms with Gasteiger partial charge in [-0.15, -0.1) is 23.1 Å². The number of ether oxygens (including phenoxy) is 1. The van der Waals surface area contributed by atoms with Crippen molar-refractivity contribution in [2.45, 2.75) is 11.3 Å². The van der Waals surface area contributed by atoms with Crippen LogP contribution in [0.25, 0.3) is 10.1 Å². The molecule has 1 N–H and O–H groups in total. The molecular weight excluding hydrogens is 328 g/mol. The van der Waals surface area contributed by atoms with Crippen LogP contribution in [0.2, 0.25) is 0 Å². The van der Waals surface area contributed by atoms with Gasteiger partial charge in [0.05, 0.1) is 7.11 Å². The summed E-state index contributed by atoms with van der Waals surface area (Å²) < 4.78 is 6.25. The average Bonchev–Trinajstić information content (AvgIpc) is 2.94. The minimum atomic E-state index is -0.868. The van der Waals surface area contributed by atoms with Crippen molar-refractivity contribution in [1.29, 1.82) is 0 Å². The predicted octanol–water partition coefficient (Wildman–Crippen LogP) is 4.94. The quantitative estimate of drug-likeness (QED) is 0.643. The summed E-state index contributed by atoms with van der Waals surface area (Å²) in [4.78, 5) is 12.8. The highest BCUT2D eigenvalue weighted by molar-refractivity contribution is 7.99. The zero-order valence-corrected chi connectivity index (χ0v) is 14.2. The third kappa shape index (κ3) is 3.51. The standard InChI is InChI=1S/C18H16O3S2/c1-21-13-7-8-15-14(11-13)16(17(23-15)18(19)20)22-10-9-12-5-3-2-4-6-12/h2-8,11H,9-10H2,1H3,(H,19,20). The first-order valence-electron chi connectivity index (χ1n) is 7.19. The molecule has 0 saturated carbocycles. The number of aromatic carboxylic acids is 1. The minimum absolute atomic E-state index is 0.409. The van der Waals surface area contributed by atoms with E-state index in [0.717, 1.165) is 32.9 Å². The highest BCUT2D eigenvalue weighted by atomic mass is 32.2. The van der Waals surface area contributed by atoms with Crippen molar-refractivity contribution in [3.8, 4) is 5.75 Å². The van der Waals surface area contributed by atoms with Crippen molar-refractivity contribution in [3.05, 3.63) is 59.0 Å². The van der Waals surface area contributed by atoms with Crippen LogP contribution >= 0.6 is 23.1 Å². The van der Waals surface area contributed by atoms with Crippen molar-refractivity contribution in [3.63, 3.8) is 0 Å². The molecular formula is C18H16O3S2. The highest BCUT2D eigenvalue weighted by Crippen LogP contribution is 2.40. The van der Waals surface area contributed by atoms with E-state index >= 15 is 0 Å². The second-order valence-corrected chi connectivity index (χ2v) is 7.17. The molecule has 5 heteroatoms. The SMILES string of the molecule is COc1ccc2sc(C(=O)O)c(SCCc3ccccc3)c2c1. The largest absolute Gasteiger partial charge is 0.497 e. The summed E-state index contributed by atoms with van der Waals surface area (Å²) in [6.07, 6.45) is 0.909. The van der Waals surface area contributed by atoms with Crippen molar-refractivity contribution in [2.75, 3.05) is 12.9 Å². The molecule has 1 aromatic heterocycles. The second kappa shape index (κ2) is 7.06. The highest BCUT2D eigenvalue weighted by Gasteiger charge is 2.18. The Morgan fingerprint density at radius 2 is 2.00 bits per heavy atom. The maximum absolute atomic E-state index is 11.5. The van der Waals surface area contributed by atoms with Crippen molar-refractivity contribution in [1.82, 2.24) is 0 Å². The Bertz CT molecular complexity index is 825. The molecule has 0 spiro atoms. The molecule has 0 aliphatic carbocycles. The Kier molecular flexibility index (Phi) is 4.88. The fourth-order valence-electron chi connectivity index (χ4n) is 2.38. The number of benzene rings is 2. The van der Waals surface area contributed by atoms with Gasteiger partial charge in [0.2, 0.25) is 0 Å². The maximum Gasteiger partial charge on any atom is 0.347 e. The number of thioether (sulfide) groups is 1. The van der Waals surface area contributed by atoms with Crippen LogP contribution in [0.1, 0.15) is 15.2 Å². The first-order valence-corrected chi connectivity index (χ1v) is 9.00. The summed E-state index contributed by atoms with van der Waals surface area (Å²) in [7, 11) is 1.62. The van der Waals surface area contributed by atoms with E-state index in [-0.39, 0.29) is 0 Å². The summed E-state index contributed by atoms with van der Waals surface area (Å²) in [6, 6.07) is 15.9. The summed E-state index contributed by atoms with van der Waals surface area (Å²) >= 11 is 2.92. The normalized spacial score (nSPS) is 10.8. The maximum atomic E-state index is 11.5. The fraction of sp³-hybridized carbons (Fsp3) is 0.167. The monoisotopic (exact) mass is 344 g/mol. The number of hydrogen-bond acceptors (Lipinski definition) is 4. The molecule has 3 aromatic rings. The predicted molar refractivity (Wildman–Crippen MR) is 96.2 cm³/mol. The summed E-state index contributed by atoms with van der Waals surface area (Å²) in [6.45, 7) is 0. The number of carbonyl (C=O) groups is 1. The van der Waals surface area contributed by atoms with E-state index in [2.05, 4.69) is 12.1 Å². The van der Waals surface area contributed by atoms with Crippen molar-refractivity contribution >= 4 is 39.2 Å². The number of rotatable bonds is 6. The molecule has 0 bridgehead atoms. The number of carboxylic acid groups (broad SMARTS) is 1. The molecule has 0 fully saturated rings. The van der Waals surface area contributed by atoms with Gasteiger partial charge in [-0.25, -0.2) is 4.79 Å². The summed E-state index contributed by atoms with van der Waals surface area (Å²) in [5.74, 6) is 0.720. The smallest absolute Gasteiger partial charge is 0.347 e. The van der Waals surface area contributed by atoms with Gasteiger partial charge in [-0.1, -0.05) is 30.3 Å². The molecule has 1 heterocycles. The van der Waals surface area contributed by atoms with Gasteiger partial charge >= 0.3 is 5.97 Å². The zero-order chi connectivity index (χ0) is 16.2. The van der Waals surface area contributed by atoms with Crippen LogP contribution in [-0.2, 0) is 6.42 Å². The number of hydrogen-bond donors (Lipinski definition) is 1. The topological polar surface area (TPSA) is 46.5 Å². The van der Waals surface area contributed by atoms with E-state index in [4.69, 9.17) is 4.74 Å². The van der Waals surface area contributed by atoms with Gasteiger partial charge in [0.25, 0.3) is 0 Å². The van der Waals surface area contributed by atoms with E-state index in [9.17, 15) is 9.90 Å². The number of carboxylic acids is 1. The second-order valence-electron chi connectivity index (χ2n) is 5.01. The molecule has 2 aromatic carbocycles. The molecule has 3 rings (SSSR count). The van der Waals surface area contributed by atoms with Gasteiger partial charge in [-0.3, -0.25) is 0 Å². The number of thiophene rings is 1. The Labute approximate surface area is 142 Å². The van der Waals surface area contributed by atoms with Crippen LogP contribution in [0.5, 0.6) is 5.75 Å². The lowest BCUT2D eigenvalue weighted by Gasteiger charge is -2.04. The average molecular weight is 344 g/mol. The first kappa shape index (κ1) is 15.9. The molecule has 23 heavy (non-hydrogen) atoms. The van der Waals surface area contributed by atoms with Crippen LogP contribution in [0, 0.1) is 0 Å². The van der Waals surface area contributed by atoms with Gasteiger partial charge in [-0.05, 0) is 30.2 Å². The van der Waals surface area contributed by atoms with Crippen LogP contribution in [0.3, 0.4) is 0 Å². The molecule has 0 aliphatic heterocycles. The van der Waals surface area contributed by atoms with Crippen LogP contribution in [0.4, 0.5) is 0 Å². The Balaban J connectivity index is 1.88. The van der Waals surface area contributed by atoms with Crippen LogP contribution in [-0.4, -0.2) is 23.9 Å². The third-order valence-electron chi connectivity index (χ3n) is 3.52. The lowest BCUT2D eigenvalue weighted by Crippen LogP contribution is -1.95. The lowest BCUT2D eigenvalue weighted by atomic mass is 10.2. The van der Waals surface area contributed by atoms with Gasteiger partial charge in [0.1, 0.15) is 10.6 Å². The summed E-state index contributed by atoms with van der Waals surface area (Å²) in [5, 5.41) is 10.4. The summed E-state index contributed by atoms with van der Waals surface area (Å²) in [5.41, 5.74) is 1.26. The van der Waals surface area contributed by atoms with Gasteiger partial charge < -0.3 is 9.84 Å². The fourth-order valence-corrected chi connectivity index (χ4v) is 4.75. The van der Waals surface area contributed by atoms with E-state index in [1.165, 1.54) is 16.9 Å². The first-order chi connectivity index (χ1) is 11.2. The lowest BCUT2D eigenvalue weighted by molar-refractivity contribution is 0.0699. The van der Waals surface area contributed by atoms with E-state index in [1.54, 1.807) is 18.9 Å². The van der Waals surface area contributed by atoms with Gasteiger partial charge in [-0.2, -0.15) is 0 Å². The molecule has 118 valence electrons. The Morgan fingerprint density at radius 3 is 2.70 bits per heavy atom. The van der Waals surface area contributed by atoms with E-state index in [1.807, 2.05) is 36.4 Å². The van der Waals surface area contributed by atoms with Crippen LogP contribution in [0.15, 0.2) is 53.4 Å². The van der Waals surface area contributed by atoms with Gasteiger partial charge in [0, 0.05) is 20.7 Å². The number of methoxy groups -OCH3 is 1. The minimum Gasteiger partial charge on any atom is -0.497 e. The van der Waals surface area contributed by atoms with Crippen LogP contribution < -0.4 is 4.74 Å². The van der Waals surface area contributed by atoms with E-state index in [0.29, 0.717) is 4.88 Å². The molecule has 0 aliphatic rings. The molecule has 0 radical (unpaired) electrons. The molecule has 0 amide bonds. The Hall–Kier alpha value is -1.98. The van der Waals surface area contributed by atoms with Crippen molar-refractivity contribution in [2.24, 2.45) is 0 Å². The van der Waals surface area contributed by atoms with Crippen molar-refractivity contribution < 1.29 is 14.6 Å². The molecule has 0 saturated heterocycles. The number of aryl methyl sites for hydroxylation is 1. The molecule has 0 atom stereocenters. The zero-order valence-electron chi connectivity index (χ0n) is 12.6. The van der Waals surface area contributed by atoms with E-state index < -0.39 is 5.97 Å². The number of fused-ring (bicyclic) bond motifs is 1.